The van der Waals surface area contributed by atoms with Crippen molar-refractivity contribution in [2.75, 3.05) is 11.5 Å². The molecule has 2 aromatic rings. The molecule has 30 heavy (non-hydrogen) atoms. The molecule has 0 spiro atoms. The summed E-state index contributed by atoms with van der Waals surface area (Å²) in [5, 5.41) is 2.52. The number of thiocarbonyl (C=S) groups is 1. The summed E-state index contributed by atoms with van der Waals surface area (Å²) in [5.74, 6) is -1.51. The lowest BCUT2D eigenvalue weighted by atomic mass is 10.1. The molecule has 3 heterocycles. The molecule has 0 saturated carbocycles. The Labute approximate surface area is 179 Å². The molecule has 1 aromatic heterocycles. The van der Waals surface area contributed by atoms with Gasteiger partial charge in [-0.25, -0.2) is 4.39 Å². The monoisotopic (exact) mass is 427 g/mol. The van der Waals surface area contributed by atoms with E-state index in [1.54, 1.807) is 6.08 Å². The molecule has 0 unspecified atom stereocenters. The third-order valence-corrected chi connectivity index (χ3v) is 5.79. The summed E-state index contributed by atoms with van der Waals surface area (Å²) in [4.78, 5) is 26.8. The van der Waals surface area contributed by atoms with E-state index in [4.69, 9.17) is 17.0 Å². The van der Waals surface area contributed by atoms with Gasteiger partial charge in [0.25, 0.3) is 11.8 Å². The molecule has 1 N–H and O–H groups in total. The van der Waals surface area contributed by atoms with Gasteiger partial charge < -0.3 is 9.30 Å². The Morgan fingerprint density at radius 2 is 2.00 bits per heavy atom. The van der Waals surface area contributed by atoms with Crippen molar-refractivity contribution < 1.29 is 18.7 Å². The smallest absolute Gasteiger partial charge is 0.270 e. The van der Waals surface area contributed by atoms with Gasteiger partial charge in [0.2, 0.25) is 0 Å². The first-order valence-electron chi connectivity index (χ1n) is 9.80. The quantitative estimate of drug-likeness (QED) is 0.462. The Bertz CT molecular complexity index is 1050. The maximum absolute atomic E-state index is 13.3. The summed E-state index contributed by atoms with van der Waals surface area (Å²) in [7, 11) is 0. The number of amides is 2. The van der Waals surface area contributed by atoms with Gasteiger partial charge in [-0.1, -0.05) is 0 Å². The molecule has 2 amide bonds. The number of nitrogens with zero attached hydrogens (tertiary/aromatic N) is 2. The largest absolute Gasteiger partial charge is 0.376 e. The topological polar surface area (TPSA) is 63.6 Å². The van der Waals surface area contributed by atoms with Crippen LogP contribution in [0.2, 0.25) is 0 Å². The van der Waals surface area contributed by atoms with Crippen molar-refractivity contribution in [3.05, 3.63) is 58.7 Å². The Morgan fingerprint density at radius 1 is 1.27 bits per heavy atom. The fourth-order valence-corrected chi connectivity index (χ4v) is 4.17. The molecule has 0 aliphatic carbocycles. The van der Waals surface area contributed by atoms with Crippen molar-refractivity contribution in [1.82, 2.24) is 9.88 Å². The highest BCUT2D eigenvalue weighted by Crippen LogP contribution is 2.25. The van der Waals surface area contributed by atoms with E-state index in [9.17, 15) is 14.0 Å². The zero-order valence-corrected chi connectivity index (χ0v) is 17.6. The molecule has 1 aromatic carbocycles. The van der Waals surface area contributed by atoms with Crippen molar-refractivity contribution in [3.8, 4) is 0 Å². The Kier molecular flexibility index (Phi) is 5.53. The van der Waals surface area contributed by atoms with Crippen LogP contribution in [0.1, 0.15) is 29.8 Å². The van der Waals surface area contributed by atoms with Gasteiger partial charge >= 0.3 is 0 Å². The number of rotatable bonds is 4. The third kappa shape index (κ3) is 3.80. The first kappa shape index (κ1) is 20.4. The average Bonchev–Trinajstić information content (AvgIpc) is 3.30. The van der Waals surface area contributed by atoms with Gasteiger partial charge in [-0.15, -0.1) is 0 Å². The fourth-order valence-electron chi connectivity index (χ4n) is 3.88. The van der Waals surface area contributed by atoms with E-state index < -0.39 is 17.6 Å². The van der Waals surface area contributed by atoms with Crippen LogP contribution >= 0.6 is 12.2 Å². The summed E-state index contributed by atoms with van der Waals surface area (Å²) in [6.07, 6.45) is 3.86. The Hall–Kier alpha value is -2.84. The van der Waals surface area contributed by atoms with Gasteiger partial charge in [0.15, 0.2) is 5.11 Å². The van der Waals surface area contributed by atoms with Crippen LogP contribution in [0.5, 0.6) is 0 Å². The highest BCUT2D eigenvalue weighted by Gasteiger charge is 2.34. The zero-order valence-electron chi connectivity index (χ0n) is 16.8. The van der Waals surface area contributed by atoms with Crippen LogP contribution in [0.25, 0.3) is 6.08 Å². The normalized spacial score (nSPS) is 20.9. The molecule has 0 radical (unpaired) electrons. The lowest BCUT2D eigenvalue weighted by Gasteiger charge is -2.28. The van der Waals surface area contributed by atoms with Crippen LogP contribution in [0, 0.1) is 19.7 Å². The molecule has 0 bridgehead atoms. The first-order valence-corrected chi connectivity index (χ1v) is 10.2. The van der Waals surface area contributed by atoms with Gasteiger partial charge in [-0.05, 0) is 80.9 Å². The fraction of sp³-hybridized carbons (Fsp3) is 0.318. The van der Waals surface area contributed by atoms with Crippen LogP contribution in [0.15, 0.2) is 35.9 Å². The summed E-state index contributed by atoms with van der Waals surface area (Å²) in [6, 6.07) is 7.32. The predicted octanol–water partition coefficient (Wildman–Crippen LogP) is 3.25. The minimum atomic E-state index is -0.549. The number of carbonyl (C=O) groups is 2. The molecular weight excluding hydrogens is 405 g/mol. The minimum absolute atomic E-state index is 0.0229. The first-order chi connectivity index (χ1) is 14.3. The predicted molar refractivity (Wildman–Crippen MR) is 115 cm³/mol. The van der Waals surface area contributed by atoms with Crippen LogP contribution in [0.4, 0.5) is 10.1 Å². The lowest BCUT2D eigenvalue weighted by molar-refractivity contribution is -0.122. The van der Waals surface area contributed by atoms with Gasteiger partial charge in [-0.3, -0.25) is 19.8 Å². The van der Waals surface area contributed by atoms with E-state index in [1.807, 2.05) is 19.9 Å². The van der Waals surface area contributed by atoms with E-state index in [-0.39, 0.29) is 16.8 Å². The number of hydrogen-bond acceptors (Lipinski definition) is 4. The van der Waals surface area contributed by atoms with E-state index in [0.29, 0.717) is 5.69 Å². The molecule has 156 valence electrons. The summed E-state index contributed by atoms with van der Waals surface area (Å²) in [6.45, 7) is 5.48. The highest BCUT2D eigenvalue weighted by molar-refractivity contribution is 7.80. The standard InChI is InChI=1S/C22H22FN3O3S/c1-13-10-15(14(2)25(13)12-18-4-3-9-29-18)11-19-20(27)24-22(30)26(21(19)28)17-7-5-16(23)6-8-17/h5-8,10-11,18H,3-4,9,12H2,1-2H3,(H,24,27,30)/b19-11+/t18-/m1/s1. The number of ether oxygens (including phenoxy) is 1. The summed E-state index contributed by atoms with van der Waals surface area (Å²) in [5.41, 5.74) is 3.14. The minimum Gasteiger partial charge on any atom is -0.376 e. The van der Waals surface area contributed by atoms with Crippen molar-refractivity contribution in [1.29, 1.82) is 0 Å². The molecular formula is C22H22FN3O3S. The summed E-state index contributed by atoms with van der Waals surface area (Å²) < 4.78 is 21.2. The van der Waals surface area contributed by atoms with Gasteiger partial charge in [0.1, 0.15) is 11.4 Å². The lowest BCUT2D eigenvalue weighted by Crippen LogP contribution is -2.54. The van der Waals surface area contributed by atoms with E-state index in [2.05, 4.69) is 9.88 Å². The highest BCUT2D eigenvalue weighted by atomic mass is 32.1. The molecule has 4 rings (SSSR count). The second-order valence-corrected chi connectivity index (χ2v) is 7.89. The van der Waals surface area contributed by atoms with E-state index in [0.717, 1.165) is 42.9 Å². The Balaban J connectivity index is 1.66. The van der Waals surface area contributed by atoms with Crippen LogP contribution < -0.4 is 10.2 Å². The number of hydrogen-bond donors (Lipinski definition) is 1. The number of carbonyl (C=O) groups excluding carboxylic acids is 2. The third-order valence-electron chi connectivity index (χ3n) is 5.51. The molecule has 2 aliphatic rings. The Morgan fingerprint density at radius 3 is 2.67 bits per heavy atom. The molecule has 2 fully saturated rings. The molecule has 6 nitrogen and oxygen atoms in total. The number of aromatic nitrogens is 1. The van der Waals surface area contributed by atoms with Crippen molar-refractivity contribution in [3.63, 3.8) is 0 Å². The molecule has 2 saturated heterocycles. The summed E-state index contributed by atoms with van der Waals surface area (Å²) >= 11 is 5.18. The van der Waals surface area contributed by atoms with Crippen LogP contribution in [-0.2, 0) is 20.9 Å². The van der Waals surface area contributed by atoms with E-state index in [1.165, 1.54) is 29.2 Å². The SMILES string of the molecule is Cc1cc(/C=C2\C(=O)NC(=S)N(c3ccc(F)cc3)C2=O)c(C)n1C[C@H]1CCCO1. The molecule has 8 heteroatoms. The van der Waals surface area contributed by atoms with Gasteiger partial charge in [-0.2, -0.15) is 0 Å². The van der Waals surface area contributed by atoms with Crippen molar-refractivity contribution in [2.24, 2.45) is 0 Å². The van der Waals surface area contributed by atoms with Crippen molar-refractivity contribution >= 4 is 40.9 Å². The molecule has 1 atom stereocenters. The zero-order chi connectivity index (χ0) is 21.4. The van der Waals surface area contributed by atoms with Crippen molar-refractivity contribution in [2.45, 2.75) is 39.3 Å². The molecule has 2 aliphatic heterocycles. The average molecular weight is 428 g/mol. The van der Waals surface area contributed by atoms with E-state index >= 15 is 0 Å². The number of anilines is 1. The maximum Gasteiger partial charge on any atom is 0.270 e. The number of halogens is 1. The maximum atomic E-state index is 13.3. The number of aryl methyl sites for hydroxylation is 1. The van der Waals surface area contributed by atoms with Gasteiger partial charge in [0, 0.05) is 24.5 Å². The number of benzene rings is 1. The van der Waals surface area contributed by atoms with Gasteiger partial charge in [0.05, 0.1) is 11.8 Å². The number of nitrogens with one attached hydrogen (secondary N) is 1. The van der Waals surface area contributed by atoms with Crippen LogP contribution in [-0.4, -0.2) is 34.2 Å². The second-order valence-electron chi connectivity index (χ2n) is 7.51. The second kappa shape index (κ2) is 8.12. The van der Waals surface area contributed by atoms with Crippen LogP contribution in [0.3, 0.4) is 0 Å².